The van der Waals surface area contributed by atoms with Crippen LogP contribution in [-0.2, 0) is 4.74 Å². The number of nitrogen functional groups attached to an aromatic ring is 1. The Morgan fingerprint density at radius 3 is 2.90 bits per heavy atom. The van der Waals surface area contributed by atoms with Gasteiger partial charge in [0.15, 0.2) is 5.82 Å². The van der Waals surface area contributed by atoms with Crippen molar-refractivity contribution in [3.63, 3.8) is 0 Å². The van der Waals surface area contributed by atoms with Crippen LogP contribution in [0.3, 0.4) is 0 Å². The lowest BCUT2D eigenvalue weighted by Crippen LogP contribution is -2.23. The van der Waals surface area contributed by atoms with E-state index in [0.29, 0.717) is 11.6 Å². The molecule has 21 heavy (non-hydrogen) atoms. The van der Waals surface area contributed by atoms with E-state index < -0.39 is 0 Å². The monoisotopic (exact) mass is 349 g/mol. The standard InChI is InChI=1S/C14H16BrN5O/c15-10-4-3-9(7-11(10)16)14-17-18-19-20(14)12-5-6-21-13(12)8-1-2-8/h3-4,7-8,12-13H,1-2,5-6,16H2. The number of nitrogens with two attached hydrogens (primary N) is 1. The highest BCUT2D eigenvalue weighted by Crippen LogP contribution is 2.43. The maximum atomic E-state index is 5.97. The van der Waals surface area contributed by atoms with Crippen molar-refractivity contribution in [1.82, 2.24) is 20.2 Å². The minimum absolute atomic E-state index is 0.229. The third-order valence-electron chi connectivity index (χ3n) is 4.25. The second-order valence-corrected chi connectivity index (χ2v) is 6.57. The van der Waals surface area contributed by atoms with Crippen molar-refractivity contribution in [1.29, 1.82) is 0 Å². The molecule has 2 aliphatic rings. The van der Waals surface area contributed by atoms with Crippen molar-refractivity contribution in [2.45, 2.75) is 31.4 Å². The van der Waals surface area contributed by atoms with Gasteiger partial charge in [-0.3, -0.25) is 0 Å². The molecular weight excluding hydrogens is 334 g/mol. The number of hydrogen-bond acceptors (Lipinski definition) is 5. The molecule has 1 aliphatic heterocycles. The number of rotatable bonds is 3. The molecule has 0 spiro atoms. The molecule has 1 saturated heterocycles. The average molecular weight is 350 g/mol. The van der Waals surface area contributed by atoms with Gasteiger partial charge in [0.2, 0.25) is 0 Å². The Balaban J connectivity index is 1.71. The van der Waals surface area contributed by atoms with E-state index in [4.69, 9.17) is 10.5 Å². The molecule has 2 N–H and O–H groups in total. The summed E-state index contributed by atoms with van der Waals surface area (Å²) in [5, 5.41) is 12.3. The summed E-state index contributed by atoms with van der Waals surface area (Å²) >= 11 is 3.41. The lowest BCUT2D eigenvalue weighted by atomic mass is 10.1. The predicted molar refractivity (Wildman–Crippen MR) is 81.5 cm³/mol. The molecule has 7 heteroatoms. The van der Waals surface area contributed by atoms with Gasteiger partial charge in [0.25, 0.3) is 0 Å². The van der Waals surface area contributed by atoms with Crippen LogP contribution in [0.2, 0.25) is 0 Å². The lowest BCUT2D eigenvalue weighted by molar-refractivity contribution is 0.0725. The number of nitrogens with zero attached hydrogens (tertiary/aromatic N) is 4. The zero-order chi connectivity index (χ0) is 14.4. The Morgan fingerprint density at radius 1 is 1.29 bits per heavy atom. The Labute approximate surface area is 130 Å². The summed E-state index contributed by atoms with van der Waals surface area (Å²) < 4.78 is 8.69. The van der Waals surface area contributed by atoms with E-state index in [2.05, 4.69) is 31.5 Å². The summed E-state index contributed by atoms with van der Waals surface area (Å²) in [5.74, 6) is 1.43. The molecule has 0 amide bonds. The van der Waals surface area contributed by atoms with E-state index >= 15 is 0 Å². The molecule has 2 fully saturated rings. The highest BCUT2D eigenvalue weighted by atomic mass is 79.9. The Kier molecular flexibility index (Phi) is 3.19. The van der Waals surface area contributed by atoms with Gasteiger partial charge in [-0.1, -0.05) is 0 Å². The first kappa shape index (κ1) is 13.2. The predicted octanol–water partition coefficient (Wildman–Crippen LogP) is 2.42. The Hall–Kier alpha value is -1.47. The molecule has 2 aromatic rings. The minimum Gasteiger partial charge on any atom is -0.398 e. The number of aromatic nitrogens is 4. The van der Waals surface area contributed by atoms with Crippen molar-refractivity contribution in [3.8, 4) is 11.4 Å². The summed E-state index contributed by atoms with van der Waals surface area (Å²) in [7, 11) is 0. The van der Waals surface area contributed by atoms with Crippen LogP contribution in [0.4, 0.5) is 5.69 Å². The van der Waals surface area contributed by atoms with Crippen LogP contribution in [0.5, 0.6) is 0 Å². The van der Waals surface area contributed by atoms with E-state index in [-0.39, 0.29) is 12.1 Å². The van der Waals surface area contributed by atoms with Crippen LogP contribution in [0.25, 0.3) is 11.4 Å². The molecule has 1 aliphatic carbocycles. The summed E-state index contributed by atoms with van der Waals surface area (Å²) in [5.41, 5.74) is 7.58. The van der Waals surface area contributed by atoms with Gasteiger partial charge in [-0.05, 0) is 69.7 Å². The molecule has 4 rings (SSSR count). The first-order chi connectivity index (χ1) is 10.2. The quantitative estimate of drug-likeness (QED) is 0.860. The lowest BCUT2D eigenvalue weighted by Gasteiger charge is -2.19. The van der Waals surface area contributed by atoms with E-state index in [0.717, 1.165) is 28.9 Å². The summed E-state index contributed by atoms with van der Waals surface area (Å²) in [6, 6.07) is 6.03. The molecule has 1 aromatic carbocycles. The van der Waals surface area contributed by atoms with Gasteiger partial charge in [0.1, 0.15) is 0 Å². The first-order valence-corrected chi connectivity index (χ1v) is 7.98. The molecule has 1 saturated carbocycles. The van der Waals surface area contributed by atoms with E-state index in [1.807, 2.05) is 22.9 Å². The maximum absolute atomic E-state index is 5.97. The zero-order valence-electron chi connectivity index (χ0n) is 11.4. The summed E-state index contributed by atoms with van der Waals surface area (Å²) in [6.07, 6.45) is 3.72. The van der Waals surface area contributed by atoms with Crippen molar-refractivity contribution >= 4 is 21.6 Å². The fraction of sp³-hybridized carbons (Fsp3) is 0.500. The first-order valence-electron chi connectivity index (χ1n) is 7.19. The van der Waals surface area contributed by atoms with Gasteiger partial charge in [0.05, 0.1) is 12.1 Å². The van der Waals surface area contributed by atoms with E-state index in [1.165, 1.54) is 12.8 Å². The number of benzene rings is 1. The highest BCUT2D eigenvalue weighted by Gasteiger charge is 2.42. The van der Waals surface area contributed by atoms with E-state index in [9.17, 15) is 0 Å². The summed E-state index contributed by atoms with van der Waals surface area (Å²) in [4.78, 5) is 0. The molecule has 2 unspecified atom stereocenters. The second-order valence-electron chi connectivity index (χ2n) is 5.71. The largest absolute Gasteiger partial charge is 0.398 e. The zero-order valence-corrected chi connectivity index (χ0v) is 13.0. The van der Waals surface area contributed by atoms with Crippen LogP contribution in [0, 0.1) is 5.92 Å². The van der Waals surface area contributed by atoms with Crippen LogP contribution in [0.15, 0.2) is 22.7 Å². The second kappa shape index (κ2) is 5.06. The maximum Gasteiger partial charge on any atom is 0.182 e. The molecule has 0 radical (unpaired) electrons. The normalized spacial score (nSPS) is 25.4. The SMILES string of the molecule is Nc1cc(-c2nnnn2C2CCOC2C2CC2)ccc1Br. The topological polar surface area (TPSA) is 78.9 Å². The number of anilines is 1. The third-order valence-corrected chi connectivity index (χ3v) is 4.97. The van der Waals surface area contributed by atoms with Gasteiger partial charge >= 0.3 is 0 Å². The molecule has 110 valence electrons. The summed E-state index contributed by atoms with van der Waals surface area (Å²) in [6.45, 7) is 0.785. The van der Waals surface area contributed by atoms with Crippen LogP contribution in [0.1, 0.15) is 25.3 Å². The van der Waals surface area contributed by atoms with Crippen LogP contribution >= 0.6 is 15.9 Å². The van der Waals surface area contributed by atoms with Gasteiger partial charge < -0.3 is 10.5 Å². The Morgan fingerprint density at radius 2 is 2.14 bits per heavy atom. The van der Waals surface area contributed by atoms with Gasteiger partial charge in [-0.2, -0.15) is 0 Å². The third kappa shape index (κ3) is 2.34. The molecule has 0 bridgehead atoms. The fourth-order valence-electron chi connectivity index (χ4n) is 3.03. The van der Waals surface area contributed by atoms with Crippen molar-refractivity contribution in [3.05, 3.63) is 22.7 Å². The van der Waals surface area contributed by atoms with Crippen molar-refractivity contribution < 1.29 is 4.74 Å². The number of halogens is 1. The van der Waals surface area contributed by atoms with Crippen molar-refractivity contribution in [2.24, 2.45) is 5.92 Å². The van der Waals surface area contributed by atoms with Crippen LogP contribution < -0.4 is 5.73 Å². The number of ether oxygens (including phenoxy) is 1. The Bertz CT molecular complexity index is 669. The van der Waals surface area contributed by atoms with E-state index in [1.54, 1.807) is 0 Å². The van der Waals surface area contributed by atoms with Crippen LogP contribution in [-0.4, -0.2) is 32.9 Å². The van der Waals surface area contributed by atoms with Crippen molar-refractivity contribution in [2.75, 3.05) is 12.3 Å². The average Bonchev–Trinajstić information content (AvgIpc) is 3.02. The molecule has 6 nitrogen and oxygen atoms in total. The fourth-order valence-corrected chi connectivity index (χ4v) is 3.27. The van der Waals surface area contributed by atoms with Gasteiger partial charge in [-0.25, -0.2) is 4.68 Å². The number of hydrogen-bond donors (Lipinski definition) is 1. The highest BCUT2D eigenvalue weighted by molar-refractivity contribution is 9.10. The van der Waals surface area contributed by atoms with Gasteiger partial charge in [-0.15, -0.1) is 5.10 Å². The molecule has 1 aromatic heterocycles. The van der Waals surface area contributed by atoms with Gasteiger partial charge in [0, 0.05) is 22.3 Å². The number of tetrazole rings is 1. The molecule has 2 heterocycles. The molecule has 2 atom stereocenters. The molecular formula is C14H16BrN5O. The smallest absolute Gasteiger partial charge is 0.182 e. The minimum atomic E-state index is 0.229.